The Balaban J connectivity index is 1.68. The number of carbonyl (C=O) groups is 1. The van der Waals surface area contributed by atoms with Crippen molar-refractivity contribution >= 4 is 39.2 Å². The summed E-state index contributed by atoms with van der Waals surface area (Å²) in [6.45, 7) is -0.441. The molecule has 5 rings (SSSR count). The topological polar surface area (TPSA) is 99.9 Å². The van der Waals surface area contributed by atoms with Crippen molar-refractivity contribution in [3.05, 3.63) is 40.7 Å². The van der Waals surface area contributed by atoms with Gasteiger partial charge in [0.05, 0.1) is 43.1 Å². The van der Waals surface area contributed by atoms with Crippen LogP contribution in [0, 0.1) is 12.3 Å². The van der Waals surface area contributed by atoms with Crippen molar-refractivity contribution in [2.45, 2.75) is 42.7 Å². The molecule has 1 aliphatic carbocycles. The smallest absolute Gasteiger partial charge is 0.263 e. The van der Waals surface area contributed by atoms with Crippen molar-refractivity contribution in [3.8, 4) is 12.3 Å². The number of hydrogen-bond donors (Lipinski definition) is 1. The molecule has 0 saturated heterocycles. The SMILES string of the molecule is [2H]C([2H])(c1cnn(C)c1)N1C(=O)c2cc(S(=O)(=O)NC3(C)CC3)cc(Cl)c2N2C1=NC[C@H]2C#C. The molecule has 0 spiro atoms. The van der Waals surface area contributed by atoms with Gasteiger partial charge < -0.3 is 0 Å². The van der Waals surface area contributed by atoms with E-state index in [1.807, 2.05) is 0 Å². The zero-order valence-corrected chi connectivity index (χ0v) is 18.9. The molecule has 1 aromatic carbocycles. The molecule has 2 aromatic rings. The van der Waals surface area contributed by atoms with Crippen LogP contribution in [-0.2, 0) is 23.6 Å². The molecule has 32 heavy (non-hydrogen) atoms. The molecule has 0 bridgehead atoms. The zero-order chi connectivity index (χ0) is 24.6. The van der Waals surface area contributed by atoms with Crippen molar-refractivity contribution in [2.75, 3.05) is 11.4 Å². The first kappa shape index (κ1) is 18.7. The monoisotopic (exact) mass is 474 g/mol. The zero-order valence-electron chi connectivity index (χ0n) is 19.3. The van der Waals surface area contributed by atoms with Gasteiger partial charge in [-0.15, -0.1) is 6.42 Å². The number of nitrogens with zero attached hydrogens (tertiary/aromatic N) is 5. The first-order valence-corrected chi connectivity index (χ1v) is 11.8. The maximum Gasteiger partial charge on any atom is 0.263 e. The average Bonchev–Trinajstić information content (AvgIpc) is 3.12. The fraction of sp³-hybridized carbons (Fsp3) is 0.381. The first-order valence-electron chi connectivity index (χ1n) is 10.9. The number of rotatable bonds is 5. The van der Waals surface area contributed by atoms with Crippen LogP contribution in [0.2, 0.25) is 5.02 Å². The Morgan fingerprint density at radius 1 is 1.44 bits per heavy atom. The fourth-order valence-corrected chi connectivity index (χ4v) is 5.65. The number of aryl methyl sites for hydroxylation is 1. The number of anilines is 1. The summed E-state index contributed by atoms with van der Waals surface area (Å²) in [5, 5.41) is 4.01. The van der Waals surface area contributed by atoms with Crippen LogP contribution in [0.1, 0.15) is 38.4 Å². The third-order valence-corrected chi connectivity index (χ3v) is 7.58. The van der Waals surface area contributed by atoms with Gasteiger partial charge in [0.15, 0.2) is 0 Å². The summed E-state index contributed by atoms with van der Waals surface area (Å²) in [6.07, 6.45) is 9.89. The second kappa shape index (κ2) is 7.07. The van der Waals surface area contributed by atoms with Gasteiger partial charge in [-0.2, -0.15) is 5.10 Å². The van der Waals surface area contributed by atoms with Gasteiger partial charge in [0.25, 0.3) is 5.91 Å². The third-order valence-electron chi connectivity index (χ3n) is 5.67. The highest BCUT2D eigenvalue weighted by Crippen LogP contribution is 2.42. The van der Waals surface area contributed by atoms with E-state index in [9.17, 15) is 13.2 Å². The molecule has 1 fully saturated rings. The number of hydrogen-bond acceptors (Lipinski definition) is 6. The number of nitrogens with one attached hydrogen (secondary N) is 1. The molecule has 1 aromatic heterocycles. The summed E-state index contributed by atoms with van der Waals surface area (Å²) in [5.41, 5.74) is -0.279. The minimum atomic E-state index is -3.98. The fourth-order valence-electron chi connectivity index (χ4n) is 3.76. The molecule has 1 amide bonds. The Kier molecular flexibility index (Phi) is 4.12. The van der Waals surface area contributed by atoms with Crippen LogP contribution in [0.5, 0.6) is 0 Å². The Morgan fingerprint density at radius 2 is 2.19 bits per heavy atom. The number of terminal acetylenes is 1. The Labute approximate surface area is 193 Å². The minimum absolute atomic E-state index is 0.00335. The molecule has 166 valence electrons. The second-order valence-electron chi connectivity index (χ2n) is 8.32. The Hall–Kier alpha value is -2.87. The van der Waals surface area contributed by atoms with E-state index in [0.717, 1.165) is 4.90 Å². The van der Waals surface area contributed by atoms with Crippen LogP contribution in [0.3, 0.4) is 0 Å². The van der Waals surface area contributed by atoms with E-state index in [-0.39, 0.29) is 39.2 Å². The number of aromatic nitrogens is 2. The molecule has 2 aliphatic heterocycles. The molecule has 1 saturated carbocycles. The number of sulfonamides is 1. The van der Waals surface area contributed by atoms with Gasteiger partial charge in [-0.25, -0.2) is 18.1 Å². The average molecular weight is 475 g/mol. The predicted octanol–water partition coefficient (Wildman–Crippen LogP) is 1.74. The molecular weight excluding hydrogens is 452 g/mol. The van der Waals surface area contributed by atoms with Gasteiger partial charge >= 0.3 is 0 Å². The standard InChI is InChI=1S/C21H21ClN6O3S/c1-4-14-10-23-20-27(12-13-9-24-26(3)11-13)19(29)16-7-15(8-17(22)18(16)28(14)20)32(30,31)25-21(2)5-6-21/h1,7-9,11,14,25H,5-6,10,12H2,2-3H3/t14-/m1/s1/i12D2. The molecule has 0 radical (unpaired) electrons. The van der Waals surface area contributed by atoms with E-state index < -0.39 is 34.0 Å². The third kappa shape index (κ3) is 3.37. The van der Waals surface area contributed by atoms with E-state index in [1.54, 1.807) is 14.0 Å². The highest BCUT2D eigenvalue weighted by molar-refractivity contribution is 7.89. The van der Waals surface area contributed by atoms with Crippen LogP contribution in [-0.4, -0.2) is 53.1 Å². The van der Waals surface area contributed by atoms with Gasteiger partial charge in [0.2, 0.25) is 16.0 Å². The number of carbonyl (C=O) groups excluding carboxylic acids is 1. The Bertz CT molecular complexity index is 1410. The van der Waals surface area contributed by atoms with Crippen LogP contribution < -0.4 is 9.62 Å². The molecule has 1 N–H and O–H groups in total. The summed E-state index contributed by atoms with van der Waals surface area (Å²) < 4.78 is 47.7. The lowest BCUT2D eigenvalue weighted by atomic mass is 10.1. The van der Waals surface area contributed by atoms with E-state index in [4.69, 9.17) is 20.8 Å². The van der Waals surface area contributed by atoms with Crippen LogP contribution in [0.25, 0.3) is 0 Å². The molecule has 1 atom stereocenters. The van der Waals surface area contributed by atoms with E-state index in [1.165, 1.54) is 34.1 Å². The summed E-state index contributed by atoms with van der Waals surface area (Å²) in [6, 6.07) is 1.86. The molecule has 11 heteroatoms. The van der Waals surface area contributed by atoms with Crippen molar-refractivity contribution in [2.24, 2.45) is 12.0 Å². The van der Waals surface area contributed by atoms with Gasteiger partial charge in [-0.05, 0) is 31.9 Å². The van der Waals surface area contributed by atoms with Crippen LogP contribution >= 0.6 is 11.6 Å². The largest absolute Gasteiger partial charge is 0.294 e. The van der Waals surface area contributed by atoms with Crippen molar-refractivity contribution in [1.29, 1.82) is 0 Å². The summed E-state index contributed by atoms with van der Waals surface area (Å²) in [5.74, 6) is 1.82. The number of amides is 1. The molecule has 3 heterocycles. The number of benzene rings is 1. The van der Waals surface area contributed by atoms with Crippen molar-refractivity contribution in [1.82, 2.24) is 19.4 Å². The lowest BCUT2D eigenvalue weighted by Gasteiger charge is -2.38. The van der Waals surface area contributed by atoms with E-state index in [2.05, 4.69) is 20.7 Å². The second-order valence-corrected chi connectivity index (χ2v) is 10.4. The number of fused-ring (bicyclic) bond motifs is 3. The minimum Gasteiger partial charge on any atom is -0.294 e. The van der Waals surface area contributed by atoms with Crippen molar-refractivity contribution < 1.29 is 16.0 Å². The summed E-state index contributed by atoms with van der Waals surface area (Å²) in [7, 11) is -2.35. The number of guanidine groups is 1. The van der Waals surface area contributed by atoms with Crippen LogP contribution in [0.4, 0.5) is 5.69 Å². The molecular formula is C21H21ClN6O3S. The lowest BCUT2D eigenvalue weighted by Crippen LogP contribution is -2.52. The first-order chi connectivity index (χ1) is 15.9. The van der Waals surface area contributed by atoms with Gasteiger partial charge in [0, 0.05) is 24.3 Å². The maximum atomic E-state index is 13.7. The maximum absolute atomic E-state index is 13.7. The summed E-state index contributed by atoms with van der Waals surface area (Å²) >= 11 is 6.54. The predicted molar refractivity (Wildman–Crippen MR) is 120 cm³/mol. The van der Waals surface area contributed by atoms with E-state index in [0.29, 0.717) is 12.8 Å². The van der Waals surface area contributed by atoms with Crippen molar-refractivity contribution in [3.63, 3.8) is 0 Å². The molecule has 9 nitrogen and oxygen atoms in total. The Morgan fingerprint density at radius 3 is 2.81 bits per heavy atom. The van der Waals surface area contributed by atoms with Crippen LogP contribution in [0.15, 0.2) is 34.4 Å². The highest BCUT2D eigenvalue weighted by atomic mass is 35.5. The van der Waals surface area contributed by atoms with E-state index >= 15 is 0 Å². The lowest BCUT2D eigenvalue weighted by molar-refractivity contribution is 0.0833. The highest BCUT2D eigenvalue weighted by Gasteiger charge is 2.45. The quantitative estimate of drug-likeness (QED) is 0.665. The number of aliphatic imine (C=N–C) groups is 1. The molecule has 3 aliphatic rings. The van der Waals surface area contributed by atoms with Gasteiger partial charge in [0.1, 0.15) is 6.04 Å². The summed E-state index contributed by atoms with van der Waals surface area (Å²) in [4.78, 5) is 20.3. The van der Waals surface area contributed by atoms with Gasteiger partial charge in [-0.1, -0.05) is 17.5 Å². The normalized spacial score (nSPS) is 22.5. The number of halogens is 1. The van der Waals surface area contributed by atoms with Gasteiger partial charge in [-0.3, -0.25) is 19.3 Å². The molecule has 0 unspecified atom stereocenters.